The lowest BCUT2D eigenvalue weighted by Crippen LogP contribution is -2.44. The number of likely N-dealkylation sites (N-methyl/N-ethyl adjacent to an activating group) is 1. The van der Waals surface area contributed by atoms with Crippen LogP contribution in [0, 0.1) is 0 Å². The zero-order chi connectivity index (χ0) is 24.7. The van der Waals surface area contributed by atoms with Crippen molar-refractivity contribution in [3.63, 3.8) is 0 Å². The van der Waals surface area contributed by atoms with Crippen LogP contribution >= 0.6 is 0 Å². The van der Waals surface area contributed by atoms with Crippen molar-refractivity contribution in [2.45, 2.75) is 43.9 Å². The molecule has 3 rings (SSSR count). The third-order valence-corrected chi connectivity index (χ3v) is 7.10. The Morgan fingerprint density at radius 2 is 1.79 bits per heavy atom. The van der Waals surface area contributed by atoms with Gasteiger partial charge in [-0.2, -0.15) is 0 Å². The van der Waals surface area contributed by atoms with Crippen molar-refractivity contribution in [3.05, 3.63) is 29.8 Å². The van der Waals surface area contributed by atoms with Crippen LogP contribution in [-0.2, 0) is 19.8 Å². The van der Waals surface area contributed by atoms with Crippen molar-refractivity contribution in [1.29, 1.82) is 0 Å². The van der Waals surface area contributed by atoms with Crippen LogP contribution in [0.5, 0.6) is 5.75 Å². The Labute approximate surface area is 203 Å². The molecule has 2 saturated heterocycles. The molecule has 8 heteroatoms. The predicted octanol–water partition coefficient (Wildman–Crippen LogP) is 1.98. The Balaban J connectivity index is 1.75. The third kappa shape index (κ3) is 6.16. The van der Waals surface area contributed by atoms with E-state index < -0.39 is 5.41 Å². The summed E-state index contributed by atoms with van der Waals surface area (Å²) in [5.74, 6) is -0.0267. The van der Waals surface area contributed by atoms with Gasteiger partial charge in [-0.3, -0.25) is 19.3 Å². The minimum atomic E-state index is -1.20. The fraction of sp³-hybridized carbons (Fsp3) is 0.654. The maximum absolute atomic E-state index is 13.7. The zero-order valence-electron chi connectivity index (χ0n) is 21.2. The molecule has 0 bridgehead atoms. The molecule has 0 N–H and O–H groups in total. The first-order valence-electron chi connectivity index (χ1n) is 12.4. The van der Waals surface area contributed by atoms with Gasteiger partial charge in [0.15, 0.2) is 0 Å². The lowest BCUT2D eigenvalue weighted by Gasteiger charge is -2.30. The molecule has 1 aromatic carbocycles. The molecule has 2 aliphatic heterocycles. The molecule has 0 aromatic heterocycles. The number of methoxy groups -OCH3 is 1. The second kappa shape index (κ2) is 11.8. The third-order valence-electron chi connectivity index (χ3n) is 7.10. The number of nitrogens with zero attached hydrogens (tertiary/aromatic N) is 4. The highest BCUT2D eigenvalue weighted by atomic mass is 16.5. The van der Waals surface area contributed by atoms with Gasteiger partial charge in [0.1, 0.15) is 5.75 Å². The molecule has 34 heavy (non-hydrogen) atoms. The van der Waals surface area contributed by atoms with Crippen LogP contribution in [0.15, 0.2) is 24.3 Å². The van der Waals surface area contributed by atoms with Crippen LogP contribution in [0.4, 0.5) is 0 Å². The maximum atomic E-state index is 13.7. The van der Waals surface area contributed by atoms with Crippen molar-refractivity contribution >= 4 is 17.7 Å². The molecule has 2 aliphatic rings. The van der Waals surface area contributed by atoms with E-state index in [1.165, 1.54) is 24.2 Å². The van der Waals surface area contributed by atoms with Crippen LogP contribution in [-0.4, -0.2) is 105 Å². The molecule has 0 aliphatic carbocycles. The summed E-state index contributed by atoms with van der Waals surface area (Å²) in [6.45, 7) is 4.78. The highest BCUT2D eigenvalue weighted by Crippen LogP contribution is 2.41. The van der Waals surface area contributed by atoms with E-state index in [4.69, 9.17) is 4.74 Å². The largest absolute Gasteiger partial charge is 0.497 e. The van der Waals surface area contributed by atoms with Crippen LogP contribution in [0.2, 0.25) is 0 Å². The number of carbonyl (C=O) groups is 3. The number of carbonyl (C=O) groups excluding carboxylic acids is 3. The quantitative estimate of drug-likeness (QED) is 0.459. The highest BCUT2D eigenvalue weighted by Gasteiger charge is 2.54. The molecule has 1 aromatic rings. The van der Waals surface area contributed by atoms with E-state index in [1.54, 1.807) is 31.2 Å². The van der Waals surface area contributed by atoms with Gasteiger partial charge in [0.2, 0.25) is 17.7 Å². The second-order valence-corrected chi connectivity index (χ2v) is 9.89. The number of amides is 3. The Kier molecular flexibility index (Phi) is 9.08. The molecule has 0 spiro atoms. The highest BCUT2D eigenvalue weighted by molar-refractivity contribution is 6.10. The van der Waals surface area contributed by atoms with E-state index in [-0.39, 0.29) is 30.6 Å². The molecule has 0 saturated carbocycles. The monoisotopic (exact) mass is 472 g/mol. The van der Waals surface area contributed by atoms with E-state index >= 15 is 0 Å². The van der Waals surface area contributed by atoms with Gasteiger partial charge in [0, 0.05) is 39.5 Å². The topological polar surface area (TPSA) is 73.4 Å². The number of benzene rings is 1. The first-order chi connectivity index (χ1) is 16.3. The van der Waals surface area contributed by atoms with Crippen LogP contribution in [0.1, 0.15) is 44.1 Å². The van der Waals surface area contributed by atoms with Gasteiger partial charge in [0.05, 0.1) is 12.5 Å². The minimum absolute atomic E-state index is 0.000211. The summed E-state index contributed by atoms with van der Waals surface area (Å²) < 4.78 is 5.37. The SMILES string of the molecule is COc1cccc(C2(CC(=O)N(C)CCCN3CCCCC3)CC(=O)N(CCN(C)C)C2=O)c1. The summed E-state index contributed by atoms with van der Waals surface area (Å²) in [5.41, 5.74) is -0.538. The average molecular weight is 473 g/mol. The van der Waals surface area contributed by atoms with E-state index in [9.17, 15) is 14.4 Å². The Hall–Kier alpha value is -2.45. The molecular weight excluding hydrogens is 432 g/mol. The summed E-state index contributed by atoms with van der Waals surface area (Å²) in [5, 5.41) is 0. The van der Waals surface area contributed by atoms with Crippen molar-refractivity contribution in [3.8, 4) is 5.75 Å². The number of imide groups is 1. The van der Waals surface area contributed by atoms with Gasteiger partial charge >= 0.3 is 0 Å². The van der Waals surface area contributed by atoms with Crippen molar-refractivity contribution in [2.24, 2.45) is 0 Å². The molecule has 1 unspecified atom stereocenters. The van der Waals surface area contributed by atoms with Crippen molar-refractivity contribution in [2.75, 3.05) is 67.5 Å². The summed E-state index contributed by atoms with van der Waals surface area (Å²) in [4.78, 5) is 47.4. The van der Waals surface area contributed by atoms with Crippen molar-refractivity contribution < 1.29 is 19.1 Å². The number of ether oxygens (including phenoxy) is 1. The smallest absolute Gasteiger partial charge is 0.240 e. The number of hydrogen-bond acceptors (Lipinski definition) is 6. The van der Waals surface area contributed by atoms with Gasteiger partial charge in [0.25, 0.3) is 0 Å². The molecule has 1 atom stereocenters. The number of hydrogen-bond donors (Lipinski definition) is 0. The molecule has 2 fully saturated rings. The van der Waals surface area contributed by atoms with E-state index in [1.807, 2.05) is 31.1 Å². The summed E-state index contributed by atoms with van der Waals surface area (Å²) in [6, 6.07) is 7.22. The maximum Gasteiger partial charge on any atom is 0.240 e. The zero-order valence-corrected chi connectivity index (χ0v) is 21.2. The Morgan fingerprint density at radius 3 is 2.47 bits per heavy atom. The van der Waals surface area contributed by atoms with Crippen molar-refractivity contribution in [1.82, 2.24) is 19.6 Å². The van der Waals surface area contributed by atoms with Crippen LogP contribution in [0.3, 0.4) is 0 Å². The molecular formula is C26H40N4O4. The Morgan fingerprint density at radius 1 is 1.06 bits per heavy atom. The van der Waals surface area contributed by atoms with Crippen LogP contribution < -0.4 is 4.74 Å². The van der Waals surface area contributed by atoms with Gasteiger partial charge in [-0.1, -0.05) is 18.6 Å². The standard InChI is InChI=1S/C26H40N4O4/c1-27(2)16-17-30-24(32)20-26(25(30)33,21-10-8-11-22(18-21)34-4)19-23(31)28(3)12-9-15-29-13-6-5-7-14-29/h8,10-11,18H,5-7,9,12-17,19-20H2,1-4H3. The first kappa shape index (κ1) is 26.2. The molecule has 3 amide bonds. The number of likely N-dealkylation sites (tertiary alicyclic amines) is 2. The fourth-order valence-corrected chi connectivity index (χ4v) is 4.95. The van der Waals surface area contributed by atoms with E-state index in [2.05, 4.69) is 4.90 Å². The average Bonchev–Trinajstić information content (AvgIpc) is 3.07. The Bertz CT molecular complexity index is 868. The predicted molar refractivity (Wildman–Crippen MR) is 132 cm³/mol. The van der Waals surface area contributed by atoms with E-state index in [0.29, 0.717) is 30.9 Å². The summed E-state index contributed by atoms with van der Waals surface area (Å²) >= 11 is 0. The second-order valence-electron chi connectivity index (χ2n) is 9.89. The van der Waals surface area contributed by atoms with E-state index in [0.717, 1.165) is 26.1 Å². The van der Waals surface area contributed by atoms with Gasteiger partial charge in [-0.15, -0.1) is 0 Å². The summed E-state index contributed by atoms with van der Waals surface area (Å²) in [6.07, 6.45) is 4.68. The minimum Gasteiger partial charge on any atom is -0.497 e. The molecule has 188 valence electrons. The first-order valence-corrected chi connectivity index (χ1v) is 12.4. The molecule has 0 radical (unpaired) electrons. The van der Waals surface area contributed by atoms with Crippen LogP contribution in [0.25, 0.3) is 0 Å². The lowest BCUT2D eigenvalue weighted by atomic mass is 9.75. The lowest BCUT2D eigenvalue weighted by molar-refractivity contribution is -0.142. The summed E-state index contributed by atoms with van der Waals surface area (Å²) in [7, 11) is 7.17. The van der Waals surface area contributed by atoms with Gasteiger partial charge in [-0.25, -0.2) is 0 Å². The number of piperidine rings is 1. The normalized spacial score (nSPS) is 21.4. The van der Waals surface area contributed by atoms with Gasteiger partial charge < -0.3 is 19.4 Å². The number of rotatable bonds is 11. The van der Waals surface area contributed by atoms with Gasteiger partial charge in [-0.05, 0) is 70.7 Å². The molecule has 8 nitrogen and oxygen atoms in total. The molecule has 2 heterocycles. The fourth-order valence-electron chi connectivity index (χ4n) is 4.95.